The molecule has 2 rings (SSSR count). The van der Waals surface area contributed by atoms with E-state index < -0.39 is 4.92 Å². The molecule has 6 heteroatoms. The lowest BCUT2D eigenvalue weighted by Gasteiger charge is -2.10. The molecule has 0 spiro atoms. The molecule has 21 heavy (non-hydrogen) atoms. The average Bonchev–Trinajstić information content (AvgIpc) is 2.47. The Labute approximate surface area is 122 Å². The molecule has 0 aliphatic rings. The topological polar surface area (TPSA) is 84.6 Å². The van der Waals surface area contributed by atoms with Gasteiger partial charge >= 0.3 is 0 Å². The molecule has 2 aromatic rings. The summed E-state index contributed by atoms with van der Waals surface area (Å²) < 4.78 is 5.26. The summed E-state index contributed by atoms with van der Waals surface area (Å²) >= 11 is 0. The molecule has 110 valence electrons. The molecule has 0 bridgehead atoms. The van der Waals surface area contributed by atoms with E-state index in [1.54, 1.807) is 36.4 Å². The highest BCUT2D eigenvalue weighted by molar-refractivity contribution is 5.64. The standard InChI is InChI=1S/C15H16N2O4/c1-2-21-12-7-8-13(14(9-12)17(19)20)16-10-11-5-3-4-6-15(11)18/h3-9,16,18H,2,10H2,1H3. The molecule has 0 unspecified atom stereocenters. The maximum absolute atomic E-state index is 11.1. The molecule has 0 saturated carbocycles. The van der Waals surface area contributed by atoms with Crippen LogP contribution in [0.4, 0.5) is 11.4 Å². The first-order chi connectivity index (χ1) is 10.1. The van der Waals surface area contributed by atoms with E-state index in [4.69, 9.17) is 4.74 Å². The predicted molar refractivity (Wildman–Crippen MR) is 79.7 cm³/mol. The van der Waals surface area contributed by atoms with Crippen LogP contribution < -0.4 is 10.1 Å². The van der Waals surface area contributed by atoms with Gasteiger partial charge in [0.05, 0.1) is 17.6 Å². The van der Waals surface area contributed by atoms with E-state index in [0.29, 0.717) is 30.2 Å². The number of ether oxygens (including phenoxy) is 1. The molecular weight excluding hydrogens is 272 g/mol. The SMILES string of the molecule is CCOc1ccc(NCc2ccccc2O)c([N+](=O)[O-])c1. The Bertz CT molecular complexity index is 643. The van der Waals surface area contributed by atoms with Gasteiger partial charge in [0.2, 0.25) is 0 Å². The van der Waals surface area contributed by atoms with Gasteiger partial charge in [-0.05, 0) is 25.1 Å². The minimum absolute atomic E-state index is 0.0589. The number of hydrogen-bond donors (Lipinski definition) is 2. The molecule has 0 radical (unpaired) electrons. The Balaban J connectivity index is 2.19. The summed E-state index contributed by atoms with van der Waals surface area (Å²) in [4.78, 5) is 10.7. The van der Waals surface area contributed by atoms with Crippen LogP contribution in [0, 0.1) is 10.1 Å². The van der Waals surface area contributed by atoms with Crippen LogP contribution in [0.2, 0.25) is 0 Å². The number of para-hydroxylation sites is 1. The first kappa shape index (κ1) is 14.6. The molecule has 6 nitrogen and oxygen atoms in total. The molecule has 0 atom stereocenters. The second kappa shape index (κ2) is 6.60. The van der Waals surface area contributed by atoms with Crippen molar-refractivity contribution in [3.8, 4) is 11.5 Å². The van der Waals surface area contributed by atoms with E-state index in [9.17, 15) is 15.2 Å². The number of aromatic hydroxyl groups is 1. The lowest BCUT2D eigenvalue weighted by atomic mass is 10.2. The number of nitro groups is 1. The van der Waals surface area contributed by atoms with Crippen molar-refractivity contribution in [3.05, 3.63) is 58.1 Å². The predicted octanol–water partition coefficient (Wildman–Crippen LogP) is 3.31. The highest BCUT2D eigenvalue weighted by atomic mass is 16.6. The molecule has 0 amide bonds. The minimum Gasteiger partial charge on any atom is -0.508 e. The largest absolute Gasteiger partial charge is 0.508 e. The number of nitro benzene ring substituents is 1. The van der Waals surface area contributed by atoms with Crippen LogP contribution in [0.5, 0.6) is 11.5 Å². The molecular formula is C15H16N2O4. The van der Waals surface area contributed by atoms with Crippen molar-refractivity contribution in [2.24, 2.45) is 0 Å². The first-order valence-electron chi connectivity index (χ1n) is 6.53. The Morgan fingerprint density at radius 2 is 2.05 bits per heavy atom. The lowest BCUT2D eigenvalue weighted by Crippen LogP contribution is -2.03. The van der Waals surface area contributed by atoms with E-state index in [-0.39, 0.29) is 11.4 Å². The number of nitrogens with one attached hydrogen (secondary N) is 1. The third kappa shape index (κ3) is 3.62. The Morgan fingerprint density at radius 3 is 2.71 bits per heavy atom. The third-order valence-electron chi connectivity index (χ3n) is 2.94. The van der Waals surface area contributed by atoms with Gasteiger partial charge < -0.3 is 15.2 Å². The van der Waals surface area contributed by atoms with Crippen molar-refractivity contribution in [1.82, 2.24) is 0 Å². The smallest absolute Gasteiger partial charge is 0.296 e. The van der Waals surface area contributed by atoms with Crippen LogP contribution >= 0.6 is 0 Å². The summed E-state index contributed by atoms with van der Waals surface area (Å²) in [5.74, 6) is 0.607. The number of hydrogen-bond acceptors (Lipinski definition) is 5. The molecule has 0 aliphatic heterocycles. The van der Waals surface area contributed by atoms with E-state index >= 15 is 0 Å². The van der Waals surface area contributed by atoms with Gasteiger partial charge in [-0.3, -0.25) is 10.1 Å². The fourth-order valence-corrected chi connectivity index (χ4v) is 1.92. The summed E-state index contributed by atoms with van der Waals surface area (Å²) in [5, 5.41) is 23.8. The third-order valence-corrected chi connectivity index (χ3v) is 2.94. The van der Waals surface area contributed by atoms with Crippen LogP contribution in [-0.2, 0) is 6.54 Å². The Morgan fingerprint density at radius 1 is 1.29 bits per heavy atom. The van der Waals surface area contributed by atoms with E-state index in [2.05, 4.69) is 5.32 Å². The van der Waals surface area contributed by atoms with E-state index in [1.165, 1.54) is 6.07 Å². The number of anilines is 1. The molecule has 0 aromatic heterocycles. The van der Waals surface area contributed by atoms with Gasteiger partial charge in [0.15, 0.2) is 0 Å². The van der Waals surface area contributed by atoms with Crippen molar-refractivity contribution in [3.63, 3.8) is 0 Å². The zero-order valence-electron chi connectivity index (χ0n) is 11.6. The molecule has 0 heterocycles. The van der Waals surface area contributed by atoms with Crippen molar-refractivity contribution in [1.29, 1.82) is 0 Å². The molecule has 2 N–H and O–H groups in total. The number of benzene rings is 2. The highest BCUT2D eigenvalue weighted by Crippen LogP contribution is 2.30. The fraction of sp³-hybridized carbons (Fsp3) is 0.200. The average molecular weight is 288 g/mol. The second-order valence-corrected chi connectivity index (χ2v) is 4.35. The Kier molecular flexibility index (Phi) is 4.61. The number of phenols is 1. The zero-order valence-corrected chi connectivity index (χ0v) is 11.6. The van der Waals surface area contributed by atoms with Crippen molar-refractivity contribution >= 4 is 11.4 Å². The van der Waals surface area contributed by atoms with Crippen molar-refractivity contribution in [2.45, 2.75) is 13.5 Å². The van der Waals surface area contributed by atoms with Gasteiger partial charge in [-0.25, -0.2) is 0 Å². The molecule has 0 fully saturated rings. The molecule has 0 aliphatic carbocycles. The zero-order chi connectivity index (χ0) is 15.2. The lowest BCUT2D eigenvalue weighted by molar-refractivity contribution is -0.384. The summed E-state index contributed by atoms with van der Waals surface area (Å²) in [5.41, 5.74) is 0.990. The van der Waals surface area contributed by atoms with Crippen LogP contribution in [0.1, 0.15) is 12.5 Å². The van der Waals surface area contributed by atoms with Gasteiger partial charge in [-0.2, -0.15) is 0 Å². The van der Waals surface area contributed by atoms with Gasteiger partial charge in [0.1, 0.15) is 17.2 Å². The molecule has 2 aromatic carbocycles. The Hall–Kier alpha value is -2.76. The van der Waals surface area contributed by atoms with Crippen molar-refractivity contribution < 1.29 is 14.8 Å². The monoisotopic (exact) mass is 288 g/mol. The van der Waals surface area contributed by atoms with Crippen LogP contribution in [-0.4, -0.2) is 16.6 Å². The summed E-state index contributed by atoms with van der Waals surface area (Å²) in [7, 11) is 0. The van der Waals surface area contributed by atoms with Gasteiger partial charge in [0.25, 0.3) is 5.69 Å². The minimum atomic E-state index is -0.463. The summed E-state index contributed by atoms with van der Waals surface area (Å²) in [6.45, 7) is 2.56. The van der Waals surface area contributed by atoms with Gasteiger partial charge in [0, 0.05) is 12.1 Å². The number of rotatable bonds is 6. The summed E-state index contributed by atoms with van der Waals surface area (Å²) in [6.07, 6.45) is 0. The first-order valence-corrected chi connectivity index (χ1v) is 6.53. The highest BCUT2D eigenvalue weighted by Gasteiger charge is 2.15. The summed E-state index contributed by atoms with van der Waals surface area (Å²) in [6, 6.07) is 11.5. The quantitative estimate of drug-likeness (QED) is 0.629. The normalized spacial score (nSPS) is 10.1. The maximum atomic E-state index is 11.1. The number of nitrogens with zero attached hydrogens (tertiary/aromatic N) is 1. The van der Waals surface area contributed by atoms with Crippen LogP contribution in [0.25, 0.3) is 0 Å². The van der Waals surface area contributed by atoms with Gasteiger partial charge in [-0.15, -0.1) is 0 Å². The van der Waals surface area contributed by atoms with Crippen LogP contribution in [0.3, 0.4) is 0 Å². The van der Waals surface area contributed by atoms with Crippen LogP contribution in [0.15, 0.2) is 42.5 Å². The van der Waals surface area contributed by atoms with E-state index in [0.717, 1.165) is 0 Å². The number of phenolic OH excluding ortho intramolecular Hbond substituents is 1. The van der Waals surface area contributed by atoms with Crippen molar-refractivity contribution in [2.75, 3.05) is 11.9 Å². The second-order valence-electron chi connectivity index (χ2n) is 4.35. The maximum Gasteiger partial charge on any atom is 0.296 e. The molecule has 0 saturated heterocycles. The fourth-order valence-electron chi connectivity index (χ4n) is 1.92. The van der Waals surface area contributed by atoms with Gasteiger partial charge in [-0.1, -0.05) is 18.2 Å². The van der Waals surface area contributed by atoms with E-state index in [1.807, 2.05) is 6.92 Å².